The maximum Gasteiger partial charge on any atom is 0.318 e. The van der Waals surface area contributed by atoms with Gasteiger partial charge in [-0.1, -0.05) is 25.3 Å². The molecule has 0 aromatic carbocycles. The molecule has 0 aromatic heterocycles. The third-order valence-corrected chi connectivity index (χ3v) is 2.85. The molecule has 0 heterocycles. The smallest absolute Gasteiger partial charge is 0.318 e. The minimum atomic E-state index is -0.194. The molecule has 1 aliphatic carbocycles. The molecule has 4 nitrogen and oxygen atoms in total. The number of rotatable bonds is 5. The van der Waals surface area contributed by atoms with Crippen molar-refractivity contribution in [3.63, 3.8) is 0 Å². The summed E-state index contributed by atoms with van der Waals surface area (Å²) in [5.41, 5.74) is 0. The molecule has 0 spiro atoms. The third kappa shape index (κ3) is 5.75. The van der Waals surface area contributed by atoms with Crippen LogP contribution in [0.25, 0.3) is 0 Å². The Balaban J connectivity index is 2.07. The molecule has 16 heavy (non-hydrogen) atoms. The van der Waals surface area contributed by atoms with Crippen molar-refractivity contribution in [2.24, 2.45) is 5.92 Å². The number of carbonyl (C=O) groups is 1. The van der Waals surface area contributed by atoms with Crippen LogP contribution in [0.4, 0.5) is 4.79 Å². The summed E-state index contributed by atoms with van der Waals surface area (Å²) in [4.78, 5) is 11.2. The zero-order valence-electron chi connectivity index (χ0n) is 9.74. The lowest BCUT2D eigenvalue weighted by Gasteiger charge is -2.17. The number of hydrogen-bond acceptors (Lipinski definition) is 2. The highest BCUT2D eigenvalue weighted by Gasteiger charge is 2.09. The monoisotopic (exact) mass is 226 g/mol. The van der Waals surface area contributed by atoms with E-state index in [9.17, 15) is 4.79 Å². The molecule has 0 unspecified atom stereocenters. The number of nitrogens with one attached hydrogen (secondary N) is 2. The second kappa shape index (κ2) is 8.16. The topological polar surface area (TPSA) is 61.4 Å². The van der Waals surface area contributed by atoms with E-state index in [2.05, 4.69) is 16.7 Å². The van der Waals surface area contributed by atoms with Gasteiger partial charge < -0.3 is 15.7 Å². The summed E-state index contributed by atoms with van der Waals surface area (Å²) >= 11 is 0. The highest BCUT2D eigenvalue weighted by Crippen LogP contribution is 2.24. The summed E-state index contributed by atoms with van der Waals surface area (Å²) in [6.07, 6.45) is 10.9. The average Bonchev–Trinajstić information content (AvgIpc) is 2.31. The van der Waals surface area contributed by atoms with Crippen molar-refractivity contribution in [2.75, 3.05) is 13.2 Å². The molecule has 1 saturated carbocycles. The normalized spacial score (nSPS) is 17.6. The van der Waals surface area contributed by atoms with Gasteiger partial charge in [0.2, 0.25) is 0 Å². The van der Waals surface area contributed by atoms with Crippen LogP contribution in [-0.4, -0.2) is 24.3 Å². The van der Waals surface area contributed by atoms with Crippen molar-refractivity contribution in [1.29, 1.82) is 0 Å². The molecule has 0 bridgehead atoms. The van der Waals surface area contributed by atoms with Gasteiger partial charge in [0.1, 0.15) is 0 Å². The van der Waals surface area contributed by atoms with E-state index >= 15 is 0 Å². The van der Waals surface area contributed by atoms with Crippen molar-refractivity contribution in [1.82, 2.24) is 10.6 Å². The molecule has 92 valence electrons. The van der Waals surface area contributed by atoms with E-state index in [1.807, 2.05) is 0 Å². The van der Waals surface area contributed by atoms with Gasteiger partial charge in [0.15, 0.2) is 0 Å². The SMILES string of the molecule is O=C(N/C=C/C1CCCCC1)NCCCO. The number of hydrogen-bond donors (Lipinski definition) is 3. The molecule has 3 N–H and O–H groups in total. The zero-order valence-corrected chi connectivity index (χ0v) is 9.74. The second-order valence-electron chi connectivity index (χ2n) is 4.23. The van der Waals surface area contributed by atoms with Crippen molar-refractivity contribution in [3.8, 4) is 0 Å². The largest absolute Gasteiger partial charge is 0.396 e. The highest BCUT2D eigenvalue weighted by molar-refractivity contribution is 5.74. The van der Waals surface area contributed by atoms with Gasteiger partial charge >= 0.3 is 6.03 Å². The Labute approximate surface area is 97.1 Å². The lowest BCUT2D eigenvalue weighted by molar-refractivity contribution is 0.241. The van der Waals surface area contributed by atoms with Gasteiger partial charge in [-0.05, 0) is 25.2 Å². The van der Waals surface area contributed by atoms with Crippen LogP contribution in [0.1, 0.15) is 38.5 Å². The summed E-state index contributed by atoms with van der Waals surface area (Å²) in [6.45, 7) is 0.623. The van der Waals surface area contributed by atoms with Gasteiger partial charge in [-0.2, -0.15) is 0 Å². The molecular weight excluding hydrogens is 204 g/mol. The minimum absolute atomic E-state index is 0.109. The molecule has 4 heteroatoms. The fraction of sp³-hybridized carbons (Fsp3) is 0.750. The fourth-order valence-corrected chi connectivity index (χ4v) is 1.92. The van der Waals surface area contributed by atoms with Crippen LogP contribution < -0.4 is 10.6 Å². The van der Waals surface area contributed by atoms with Crippen LogP contribution in [0.5, 0.6) is 0 Å². The minimum Gasteiger partial charge on any atom is -0.396 e. The highest BCUT2D eigenvalue weighted by atomic mass is 16.3. The van der Waals surface area contributed by atoms with E-state index in [0.717, 1.165) is 0 Å². The van der Waals surface area contributed by atoms with Gasteiger partial charge in [0, 0.05) is 19.4 Å². The van der Waals surface area contributed by atoms with Gasteiger partial charge in [0.25, 0.3) is 0 Å². The molecule has 0 saturated heterocycles. The predicted octanol–water partition coefficient (Wildman–Crippen LogP) is 1.76. The summed E-state index contributed by atoms with van der Waals surface area (Å²) < 4.78 is 0. The van der Waals surface area contributed by atoms with Crippen LogP contribution >= 0.6 is 0 Å². The van der Waals surface area contributed by atoms with E-state index in [1.165, 1.54) is 32.1 Å². The fourth-order valence-electron chi connectivity index (χ4n) is 1.92. The Morgan fingerprint density at radius 3 is 2.75 bits per heavy atom. The van der Waals surface area contributed by atoms with Gasteiger partial charge in [0.05, 0.1) is 0 Å². The van der Waals surface area contributed by atoms with Crippen LogP contribution in [0.15, 0.2) is 12.3 Å². The molecule has 1 rings (SSSR count). The number of aliphatic hydroxyl groups excluding tert-OH is 1. The molecule has 0 atom stereocenters. The number of aliphatic hydroxyl groups is 1. The first kappa shape index (κ1) is 13.0. The van der Waals surface area contributed by atoms with Crippen molar-refractivity contribution in [3.05, 3.63) is 12.3 Å². The van der Waals surface area contributed by atoms with E-state index in [-0.39, 0.29) is 12.6 Å². The number of urea groups is 1. The predicted molar refractivity (Wildman–Crippen MR) is 64.0 cm³/mol. The number of amides is 2. The molecule has 0 aromatic rings. The first-order valence-corrected chi connectivity index (χ1v) is 6.15. The van der Waals surface area contributed by atoms with Crippen LogP contribution in [0, 0.1) is 5.92 Å². The maximum absolute atomic E-state index is 11.2. The number of allylic oxidation sites excluding steroid dienone is 1. The quantitative estimate of drug-likeness (QED) is 0.626. The Bertz CT molecular complexity index is 223. The third-order valence-electron chi connectivity index (χ3n) is 2.85. The van der Waals surface area contributed by atoms with Gasteiger partial charge in [-0.25, -0.2) is 4.79 Å². The molecular formula is C12H22N2O2. The second-order valence-corrected chi connectivity index (χ2v) is 4.23. The molecule has 1 aliphatic rings. The maximum atomic E-state index is 11.2. The standard InChI is InChI=1S/C12H22N2O2/c15-10-4-8-13-12(16)14-9-7-11-5-2-1-3-6-11/h7,9,11,15H,1-6,8,10H2,(H2,13,14,16)/b9-7+. The van der Waals surface area contributed by atoms with E-state index < -0.39 is 0 Å². The first-order valence-electron chi connectivity index (χ1n) is 6.15. The number of carbonyl (C=O) groups excluding carboxylic acids is 1. The summed E-state index contributed by atoms with van der Waals surface area (Å²) in [5, 5.41) is 13.9. The molecule has 2 amide bonds. The Hall–Kier alpha value is -1.03. The molecule has 1 fully saturated rings. The van der Waals surface area contributed by atoms with Crippen molar-refractivity contribution < 1.29 is 9.90 Å². The van der Waals surface area contributed by atoms with Crippen LogP contribution in [0.3, 0.4) is 0 Å². The summed E-state index contributed by atoms with van der Waals surface area (Å²) in [5.74, 6) is 0.631. The molecule has 0 radical (unpaired) electrons. The first-order chi connectivity index (χ1) is 7.83. The van der Waals surface area contributed by atoms with Crippen molar-refractivity contribution in [2.45, 2.75) is 38.5 Å². The van der Waals surface area contributed by atoms with Gasteiger partial charge in [-0.15, -0.1) is 0 Å². The Kier molecular flexibility index (Phi) is 6.65. The van der Waals surface area contributed by atoms with E-state index in [1.54, 1.807) is 6.20 Å². The Morgan fingerprint density at radius 1 is 1.31 bits per heavy atom. The van der Waals surface area contributed by atoms with Crippen LogP contribution in [-0.2, 0) is 0 Å². The zero-order chi connectivity index (χ0) is 11.6. The van der Waals surface area contributed by atoms with E-state index in [0.29, 0.717) is 18.9 Å². The lowest BCUT2D eigenvalue weighted by Crippen LogP contribution is -2.33. The average molecular weight is 226 g/mol. The van der Waals surface area contributed by atoms with Crippen LogP contribution in [0.2, 0.25) is 0 Å². The van der Waals surface area contributed by atoms with Gasteiger partial charge in [-0.3, -0.25) is 0 Å². The summed E-state index contributed by atoms with van der Waals surface area (Å²) in [6, 6.07) is -0.194. The summed E-state index contributed by atoms with van der Waals surface area (Å²) in [7, 11) is 0. The van der Waals surface area contributed by atoms with Crippen molar-refractivity contribution >= 4 is 6.03 Å². The lowest BCUT2D eigenvalue weighted by atomic mass is 9.89. The van der Waals surface area contributed by atoms with E-state index in [4.69, 9.17) is 5.11 Å². The Morgan fingerprint density at radius 2 is 2.06 bits per heavy atom. The molecule has 0 aliphatic heterocycles.